The summed E-state index contributed by atoms with van der Waals surface area (Å²) in [6.45, 7) is 2.62. The Bertz CT molecular complexity index is 760. The smallest absolute Gasteiger partial charge is 0.231 e. The van der Waals surface area contributed by atoms with Crippen molar-refractivity contribution in [3.63, 3.8) is 0 Å². The highest BCUT2D eigenvalue weighted by atomic mass is 16.5. The van der Waals surface area contributed by atoms with E-state index in [0.717, 1.165) is 43.1 Å². The lowest BCUT2D eigenvalue weighted by molar-refractivity contribution is -0.118. The Morgan fingerprint density at radius 2 is 1.79 bits per heavy atom. The molecule has 1 aliphatic heterocycles. The van der Waals surface area contributed by atoms with E-state index in [1.54, 1.807) is 7.11 Å². The molecule has 1 N–H and O–H groups in total. The number of anilines is 1. The van der Waals surface area contributed by atoms with Gasteiger partial charge in [-0.25, -0.2) is 0 Å². The Morgan fingerprint density at radius 1 is 1.00 bits per heavy atom. The van der Waals surface area contributed by atoms with Crippen LogP contribution in [-0.2, 0) is 17.8 Å². The average molecular weight is 381 g/mol. The van der Waals surface area contributed by atoms with E-state index in [0.29, 0.717) is 6.42 Å². The van der Waals surface area contributed by atoms with Gasteiger partial charge in [0.05, 0.1) is 13.5 Å². The van der Waals surface area contributed by atoms with Crippen molar-refractivity contribution in [2.75, 3.05) is 25.1 Å². The van der Waals surface area contributed by atoms with Crippen molar-refractivity contribution in [1.82, 2.24) is 5.32 Å². The van der Waals surface area contributed by atoms with Gasteiger partial charge in [0.15, 0.2) is 0 Å². The van der Waals surface area contributed by atoms with E-state index in [4.69, 9.17) is 4.74 Å². The maximum atomic E-state index is 13.3. The molecule has 2 aromatic rings. The van der Waals surface area contributed by atoms with Crippen LogP contribution in [-0.4, -0.2) is 26.1 Å². The highest BCUT2D eigenvalue weighted by molar-refractivity contribution is 5.95. The van der Waals surface area contributed by atoms with E-state index < -0.39 is 0 Å². The first kappa shape index (κ1) is 20.4. The fraction of sp³-hybridized carbons (Fsp3) is 0.458. The van der Waals surface area contributed by atoms with Crippen LogP contribution in [0.5, 0.6) is 5.75 Å². The van der Waals surface area contributed by atoms with Crippen LogP contribution in [0.1, 0.15) is 49.7 Å². The van der Waals surface area contributed by atoms with Gasteiger partial charge in [-0.1, -0.05) is 56.0 Å². The molecule has 28 heavy (non-hydrogen) atoms. The summed E-state index contributed by atoms with van der Waals surface area (Å²) in [4.78, 5) is 15.3. The molecule has 4 heteroatoms. The number of nitrogens with one attached hydrogen (secondary N) is 1. The summed E-state index contributed by atoms with van der Waals surface area (Å²) in [5.41, 5.74) is 3.23. The lowest BCUT2D eigenvalue weighted by Gasteiger charge is -2.26. The molecule has 1 aliphatic rings. The van der Waals surface area contributed by atoms with Crippen molar-refractivity contribution in [3.05, 3.63) is 59.7 Å². The molecule has 3 rings (SSSR count). The van der Waals surface area contributed by atoms with Crippen molar-refractivity contribution >= 4 is 11.6 Å². The first-order chi connectivity index (χ1) is 13.8. The molecule has 0 fully saturated rings. The second-order valence-corrected chi connectivity index (χ2v) is 7.50. The molecule has 0 saturated carbocycles. The normalized spacial score (nSPS) is 16.2. The Hall–Kier alpha value is -2.33. The number of hydrogen-bond donors (Lipinski definition) is 1. The van der Waals surface area contributed by atoms with Gasteiger partial charge in [0.25, 0.3) is 0 Å². The molecule has 0 unspecified atom stereocenters. The zero-order chi connectivity index (χ0) is 19.6. The van der Waals surface area contributed by atoms with E-state index in [1.165, 1.54) is 37.7 Å². The van der Waals surface area contributed by atoms with E-state index in [9.17, 15) is 4.79 Å². The quantitative estimate of drug-likeness (QED) is 0.838. The lowest BCUT2D eigenvalue weighted by Crippen LogP contribution is -2.34. The number of nitrogens with zero attached hydrogens (tertiary/aromatic N) is 1. The zero-order valence-corrected chi connectivity index (χ0v) is 17.0. The van der Waals surface area contributed by atoms with Gasteiger partial charge in [-0.2, -0.15) is 0 Å². The van der Waals surface area contributed by atoms with Crippen LogP contribution >= 0.6 is 0 Å². The van der Waals surface area contributed by atoms with Crippen molar-refractivity contribution in [1.29, 1.82) is 0 Å². The Kier molecular flexibility index (Phi) is 7.92. The maximum absolute atomic E-state index is 13.3. The molecule has 1 heterocycles. The van der Waals surface area contributed by atoms with Crippen molar-refractivity contribution in [2.45, 2.75) is 51.5 Å². The molecule has 0 atom stereocenters. The molecule has 0 spiro atoms. The molecule has 4 nitrogen and oxygen atoms in total. The largest absolute Gasteiger partial charge is 0.497 e. The minimum Gasteiger partial charge on any atom is -0.497 e. The van der Waals surface area contributed by atoms with Crippen LogP contribution in [0.2, 0.25) is 0 Å². The summed E-state index contributed by atoms with van der Waals surface area (Å²) in [5.74, 6) is 0.940. The molecule has 0 aromatic heterocycles. The predicted octanol–water partition coefficient (Wildman–Crippen LogP) is 4.71. The number of rotatable bonds is 3. The first-order valence-corrected chi connectivity index (χ1v) is 10.5. The molecule has 1 amide bonds. The van der Waals surface area contributed by atoms with E-state index in [-0.39, 0.29) is 5.91 Å². The Labute approximate surface area is 168 Å². The van der Waals surface area contributed by atoms with Gasteiger partial charge in [-0.3, -0.25) is 4.79 Å². The highest BCUT2D eigenvalue weighted by Gasteiger charge is 2.19. The van der Waals surface area contributed by atoms with E-state index >= 15 is 0 Å². The number of para-hydroxylation sites is 1. The van der Waals surface area contributed by atoms with Gasteiger partial charge in [-0.05, 0) is 48.7 Å². The number of ether oxygens (including phenoxy) is 1. The van der Waals surface area contributed by atoms with Gasteiger partial charge in [0.1, 0.15) is 5.75 Å². The molecular weight excluding hydrogens is 348 g/mol. The Balaban J connectivity index is 1.81. The summed E-state index contributed by atoms with van der Waals surface area (Å²) in [7, 11) is 1.66. The van der Waals surface area contributed by atoms with Crippen LogP contribution < -0.4 is 15.0 Å². The number of methoxy groups -OCH3 is 1. The molecule has 0 bridgehead atoms. The summed E-state index contributed by atoms with van der Waals surface area (Å²) < 4.78 is 5.31. The third-order valence-corrected chi connectivity index (χ3v) is 5.37. The zero-order valence-electron chi connectivity index (χ0n) is 17.0. The minimum atomic E-state index is 0.149. The fourth-order valence-corrected chi connectivity index (χ4v) is 3.81. The number of amides is 1. The average Bonchev–Trinajstić information content (AvgIpc) is 2.74. The van der Waals surface area contributed by atoms with Gasteiger partial charge < -0.3 is 15.0 Å². The SMILES string of the molecule is COc1cccc(CC(=O)N2CCCCCCCCNCc3ccccc32)c1. The summed E-state index contributed by atoms with van der Waals surface area (Å²) in [6, 6.07) is 16.1. The lowest BCUT2D eigenvalue weighted by atomic mass is 10.1. The monoisotopic (exact) mass is 380 g/mol. The number of carbonyl (C=O) groups is 1. The van der Waals surface area contributed by atoms with Crippen LogP contribution in [0.3, 0.4) is 0 Å². The van der Waals surface area contributed by atoms with Gasteiger partial charge >= 0.3 is 0 Å². The summed E-state index contributed by atoms with van der Waals surface area (Å²) >= 11 is 0. The summed E-state index contributed by atoms with van der Waals surface area (Å²) in [5, 5.41) is 3.55. The topological polar surface area (TPSA) is 41.6 Å². The van der Waals surface area contributed by atoms with Gasteiger partial charge in [0, 0.05) is 18.8 Å². The van der Waals surface area contributed by atoms with Crippen LogP contribution in [0.4, 0.5) is 5.69 Å². The predicted molar refractivity (Wildman–Crippen MR) is 115 cm³/mol. The first-order valence-electron chi connectivity index (χ1n) is 10.5. The third-order valence-electron chi connectivity index (χ3n) is 5.37. The maximum Gasteiger partial charge on any atom is 0.231 e. The van der Waals surface area contributed by atoms with Crippen molar-refractivity contribution in [3.8, 4) is 5.75 Å². The molecule has 0 aliphatic carbocycles. The highest BCUT2D eigenvalue weighted by Crippen LogP contribution is 2.24. The number of hydrogen-bond acceptors (Lipinski definition) is 3. The van der Waals surface area contributed by atoms with Gasteiger partial charge in [0.2, 0.25) is 5.91 Å². The van der Waals surface area contributed by atoms with Crippen molar-refractivity contribution < 1.29 is 9.53 Å². The second kappa shape index (κ2) is 10.9. The molecule has 150 valence electrons. The van der Waals surface area contributed by atoms with Gasteiger partial charge in [-0.15, -0.1) is 0 Å². The molecular formula is C24H32N2O2. The van der Waals surface area contributed by atoms with Crippen LogP contribution in [0, 0.1) is 0 Å². The number of carbonyl (C=O) groups excluding carboxylic acids is 1. The van der Waals surface area contributed by atoms with Crippen LogP contribution in [0.15, 0.2) is 48.5 Å². The van der Waals surface area contributed by atoms with Crippen molar-refractivity contribution in [2.24, 2.45) is 0 Å². The second-order valence-electron chi connectivity index (χ2n) is 7.50. The molecule has 2 aromatic carbocycles. The molecule has 0 saturated heterocycles. The van der Waals surface area contributed by atoms with E-state index in [2.05, 4.69) is 23.5 Å². The van der Waals surface area contributed by atoms with Crippen LogP contribution in [0.25, 0.3) is 0 Å². The van der Waals surface area contributed by atoms with E-state index in [1.807, 2.05) is 35.2 Å². The number of benzene rings is 2. The molecule has 0 radical (unpaired) electrons. The standard InChI is InChI=1S/C24H32N2O2/c1-28-22-13-10-11-20(17-22)18-24(27)26-16-9-5-3-2-4-8-15-25-19-21-12-6-7-14-23(21)26/h6-7,10-14,17,25H,2-5,8-9,15-16,18-19H2,1H3. The number of fused-ring (bicyclic) bond motifs is 1. The third kappa shape index (κ3) is 5.83. The Morgan fingerprint density at radius 3 is 2.64 bits per heavy atom. The minimum absolute atomic E-state index is 0.149. The summed E-state index contributed by atoms with van der Waals surface area (Å²) in [6.07, 6.45) is 7.66. The fourth-order valence-electron chi connectivity index (χ4n) is 3.81.